The molecule has 1 rings (SSSR count). The molecule has 0 aliphatic rings. The second-order valence-corrected chi connectivity index (χ2v) is 4.50. The van der Waals surface area contributed by atoms with Gasteiger partial charge in [0.25, 0.3) is 0 Å². The minimum atomic E-state index is -0.742. The minimum Gasteiger partial charge on any atom is -0.481 e. The summed E-state index contributed by atoms with van der Waals surface area (Å²) in [5.74, 6) is -1.14. The number of allylic oxidation sites excluding steroid dienone is 4. The summed E-state index contributed by atoms with van der Waals surface area (Å²) in [5.41, 5.74) is 0.886. The fraction of sp³-hybridized carbons (Fsp3) is 0.353. The van der Waals surface area contributed by atoms with E-state index in [2.05, 4.69) is 18.2 Å². The van der Waals surface area contributed by atoms with Crippen LogP contribution in [0.5, 0.6) is 0 Å². The average molecular weight is 258 g/mol. The van der Waals surface area contributed by atoms with Gasteiger partial charge in [-0.2, -0.15) is 0 Å². The minimum absolute atomic E-state index is 0.401. The van der Waals surface area contributed by atoms with Gasteiger partial charge in [0.15, 0.2) is 0 Å². The van der Waals surface area contributed by atoms with Crippen LogP contribution in [0, 0.1) is 0 Å². The first-order valence-corrected chi connectivity index (χ1v) is 6.79. The summed E-state index contributed by atoms with van der Waals surface area (Å²) in [6.07, 6.45) is 11.9. The van der Waals surface area contributed by atoms with Gasteiger partial charge in [-0.1, -0.05) is 54.6 Å². The second-order valence-electron chi connectivity index (χ2n) is 4.50. The van der Waals surface area contributed by atoms with Gasteiger partial charge in [0.05, 0.1) is 5.92 Å². The molecule has 0 aromatic heterocycles. The Bertz CT molecular complexity index is 418. The van der Waals surface area contributed by atoms with Crippen molar-refractivity contribution in [2.45, 2.75) is 38.5 Å². The standard InChI is InChI=1S/C17H22O2/c1-2-3-4-5-6-7-11-14-16(17(18)19)15-12-9-8-10-13-15/h2-3,6-10,12-13,16H,4-5,11,14H2,1H3,(H,18,19)/b3-2-,7-6-. The highest BCUT2D eigenvalue weighted by Gasteiger charge is 2.18. The van der Waals surface area contributed by atoms with Gasteiger partial charge in [0.1, 0.15) is 0 Å². The third kappa shape index (κ3) is 6.05. The third-order valence-corrected chi connectivity index (χ3v) is 3.02. The quantitative estimate of drug-likeness (QED) is 0.548. The van der Waals surface area contributed by atoms with E-state index in [9.17, 15) is 9.90 Å². The van der Waals surface area contributed by atoms with Gasteiger partial charge in [-0.05, 0) is 38.2 Å². The Morgan fingerprint density at radius 3 is 2.37 bits per heavy atom. The highest BCUT2D eigenvalue weighted by atomic mass is 16.4. The molecule has 0 radical (unpaired) electrons. The molecule has 0 saturated carbocycles. The monoisotopic (exact) mass is 258 g/mol. The zero-order valence-corrected chi connectivity index (χ0v) is 11.5. The van der Waals surface area contributed by atoms with Crippen LogP contribution in [0.25, 0.3) is 0 Å². The maximum atomic E-state index is 11.3. The molecular formula is C17H22O2. The number of carbonyl (C=O) groups is 1. The van der Waals surface area contributed by atoms with E-state index in [0.717, 1.165) is 24.8 Å². The Balaban J connectivity index is 2.41. The van der Waals surface area contributed by atoms with Crippen molar-refractivity contribution < 1.29 is 9.90 Å². The van der Waals surface area contributed by atoms with Gasteiger partial charge in [0.2, 0.25) is 0 Å². The van der Waals surface area contributed by atoms with Crippen LogP contribution in [-0.2, 0) is 4.79 Å². The fourth-order valence-corrected chi connectivity index (χ4v) is 1.98. The second kappa shape index (κ2) is 9.15. The molecule has 0 bridgehead atoms. The van der Waals surface area contributed by atoms with Crippen molar-refractivity contribution in [3.05, 3.63) is 60.2 Å². The van der Waals surface area contributed by atoms with Gasteiger partial charge < -0.3 is 5.11 Å². The van der Waals surface area contributed by atoms with E-state index in [-0.39, 0.29) is 0 Å². The van der Waals surface area contributed by atoms with Gasteiger partial charge in [0, 0.05) is 0 Å². The van der Waals surface area contributed by atoms with Crippen molar-refractivity contribution in [2.75, 3.05) is 0 Å². The molecule has 0 amide bonds. The first-order chi connectivity index (χ1) is 9.25. The van der Waals surface area contributed by atoms with Gasteiger partial charge >= 0.3 is 5.97 Å². The van der Waals surface area contributed by atoms with E-state index in [1.165, 1.54) is 0 Å². The number of benzene rings is 1. The van der Waals surface area contributed by atoms with Crippen LogP contribution in [-0.4, -0.2) is 11.1 Å². The fourth-order valence-electron chi connectivity index (χ4n) is 1.98. The molecular weight excluding hydrogens is 236 g/mol. The Hall–Kier alpha value is -1.83. The molecule has 1 unspecified atom stereocenters. The van der Waals surface area contributed by atoms with Crippen molar-refractivity contribution in [1.29, 1.82) is 0 Å². The summed E-state index contributed by atoms with van der Waals surface area (Å²) < 4.78 is 0. The topological polar surface area (TPSA) is 37.3 Å². The van der Waals surface area contributed by atoms with Crippen LogP contribution >= 0.6 is 0 Å². The van der Waals surface area contributed by atoms with E-state index >= 15 is 0 Å². The van der Waals surface area contributed by atoms with Crippen molar-refractivity contribution in [1.82, 2.24) is 0 Å². The van der Waals surface area contributed by atoms with Crippen molar-refractivity contribution in [3.8, 4) is 0 Å². The summed E-state index contributed by atoms with van der Waals surface area (Å²) in [6.45, 7) is 2.01. The number of carboxylic acids is 1. The van der Waals surface area contributed by atoms with Crippen LogP contribution in [0.1, 0.15) is 44.1 Å². The molecule has 19 heavy (non-hydrogen) atoms. The highest BCUT2D eigenvalue weighted by Crippen LogP contribution is 2.21. The van der Waals surface area contributed by atoms with E-state index in [1.807, 2.05) is 43.3 Å². The van der Waals surface area contributed by atoms with E-state index in [4.69, 9.17) is 0 Å². The number of hydrogen-bond acceptors (Lipinski definition) is 1. The molecule has 0 saturated heterocycles. The van der Waals surface area contributed by atoms with E-state index in [0.29, 0.717) is 6.42 Å². The zero-order valence-electron chi connectivity index (χ0n) is 11.5. The number of aliphatic carboxylic acids is 1. The molecule has 0 aliphatic heterocycles. The first kappa shape index (κ1) is 15.2. The normalized spacial score (nSPS) is 13.1. The summed E-state index contributed by atoms with van der Waals surface area (Å²) >= 11 is 0. The van der Waals surface area contributed by atoms with Gasteiger partial charge in [-0.3, -0.25) is 4.79 Å². The highest BCUT2D eigenvalue weighted by molar-refractivity contribution is 5.76. The van der Waals surface area contributed by atoms with Crippen LogP contribution in [0.2, 0.25) is 0 Å². The maximum Gasteiger partial charge on any atom is 0.310 e. The number of hydrogen-bond donors (Lipinski definition) is 1. The Morgan fingerprint density at radius 2 is 1.74 bits per heavy atom. The Kier molecular flexibility index (Phi) is 7.33. The summed E-state index contributed by atoms with van der Waals surface area (Å²) in [5, 5.41) is 9.27. The van der Waals surface area contributed by atoms with Crippen molar-refractivity contribution in [3.63, 3.8) is 0 Å². The van der Waals surface area contributed by atoms with Crippen LogP contribution < -0.4 is 0 Å². The Morgan fingerprint density at radius 1 is 1.11 bits per heavy atom. The van der Waals surface area contributed by atoms with E-state index < -0.39 is 11.9 Å². The molecule has 1 N–H and O–H groups in total. The lowest BCUT2D eigenvalue weighted by Crippen LogP contribution is -2.11. The zero-order chi connectivity index (χ0) is 13.9. The summed E-state index contributed by atoms with van der Waals surface area (Å²) in [7, 11) is 0. The lowest BCUT2D eigenvalue weighted by atomic mass is 9.94. The predicted octanol–water partition coefficient (Wildman–Crippen LogP) is 4.55. The Labute approximate surface area is 115 Å². The summed E-state index contributed by atoms with van der Waals surface area (Å²) in [4.78, 5) is 11.3. The molecule has 0 fully saturated rings. The molecule has 2 heteroatoms. The third-order valence-electron chi connectivity index (χ3n) is 3.02. The van der Waals surface area contributed by atoms with Crippen LogP contribution in [0.15, 0.2) is 54.6 Å². The van der Waals surface area contributed by atoms with Gasteiger partial charge in [-0.25, -0.2) is 0 Å². The SMILES string of the molecule is C/C=C\CC/C=C\CCC(C(=O)O)c1ccccc1. The maximum absolute atomic E-state index is 11.3. The molecule has 0 heterocycles. The van der Waals surface area contributed by atoms with Crippen molar-refractivity contribution in [2.24, 2.45) is 0 Å². The number of rotatable bonds is 8. The summed E-state index contributed by atoms with van der Waals surface area (Å²) in [6, 6.07) is 9.45. The number of carboxylic acid groups (broad SMARTS) is 1. The average Bonchev–Trinajstić information content (AvgIpc) is 2.42. The number of unbranched alkanes of at least 4 members (excludes halogenated alkanes) is 1. The van der Waals surface area contributed by atoms with Crippen LogP contribution in [0.3, 0.4) is 0 Å². The van der Waals surface area contributed by atoms with Crippen molar-refractivity contribution >= 4 is 5.97 Å². The molecule has 1 aromatic rings. The molecule has 2 nitrogen and oxygen atoms in total. The smallest absolute Gasteiger partial charge is 0.310 e. The predicted molar refractivity (Wildman–Crippen MR) is 79.2 cm³/mol. The molecule has 102 valence electrons. The largest absolute Gasteiger partial charge is 0.481 e. The van der Waals surface area contributed by atoms with E-state index in [1.54, 1.807) is 0 Å². The van der Waals surface area contributed by atoms with Crippen LogP contribution in [0.4, 0.5) is 0 Å². The molecule has 1 atom stereocenters. The molecule has 1 aromatic carbocycles. The van der Waals surface area contributed by atoms with Gasteiger partial charge in [-0.15, -0.1) is 0 Å². The lowest BCUT2D eigenvalue weighted by Gasteiger charge is -2.11. The molecule has 0 spiro atoms. The lowest BCUT2D eigenvalue weighted by molar-refractivity contribution is -0.138. The first-order valence-electron chi connectivity index (χ1n) is 6.79. The molecule has 0 aliphatic carbocycles.